The number of furan rings is 1. The Hall–Kier alpha value is -6.16. The SMILES string of the molecule is [2H]c1c([2H])c(-c2cccc3c2sc2ccccc23)c([2H])c(N(c2ccccc2-c2ccccc2)c2cccc3oc4c5ccccc5ccc4c23)c1[2H]. The molecule has 0 amide bonds. The van der Waals surface area contributed by atoms with E-state index in [9.17, 15) is 5.48 Å². The summed E-state index contributed by atoms with van der Waals surface area (Å²) in [5.74, 6) is 0. The number of rotatable bonds is 5. The van der Waals surface area contributed by atoms with Gasteiger partial charge in [0.25, 0.3) is 0 Å². The van der Waals surface area contributed by atoms with Gasteiger partial charge in [0.2, 0.25) is 0 Å². The van der Waals surface area contributed by atoms with Gasteiger partial charge in [0.05, 0.1) is 22.2 Å². The minimum Gasteiger partial charge on any atom is -0.455 e. The zero-order chi connectivity index (χ0) is 35.8. The van der Waals surface area contributed by atoms with Crippen molar-refractivity contribution in [2.45, 2.75) is 0 Å². The Balaban J connectivity index is 1.33. The molecular formula is C46H29NOS. The predicted molar refractivity (Wildman–Crippen MR) is 210 cm³/mol. The number of thiophene rings is 1. The van der Waals surface area contributed by atoms with Crippen LogP contribution in [-0.2, 0) is 0 Å². The number of anilines is 3. The summed E-state index contributed by atoms with van der Waals surface area (Å²) in [7, 11) is 0. The molecule has 0 N–H and O–H groups in total. The lowest BCUT2D eigenvalue weighted by molar-refractivity contribution is 0.672. The van der Waals surface area contributed by atoms with Crippen molar-refractivity contribution in [3.63, 3.8) is 0 Å². The van der Waals surface area contributed by atoms with Gasteiger partial charge >= 0.3 is 0 Å². The molecule has 0 aliphatic heterocycles. The maximum Gasteiger partial charge on any atom is 0.143 e. The minimum absolute atomic E-state index is 0.0130. The lowest BCUT2D eigenvalue weighted by Crippen LogP contribution is -2.11. The average Bonchev–Trinajstić information content (AvgIpc) is 3.79. The summed E-state index contributed by atoms with van der Waals surface area (Å²) < 4.78 is 46.8. The van der Waals surface area contributed by atoms with Gasteiger partial charge in [-0.25, -0.2) is 0 Å². The highest BCUT2D eigenvalue weighted by Gasteiger charge is 2.23. The third-order valence-electron chi connectivity index (χ3n) is 9.34. The van der Waals surface area contributed by atoms with Gasteiger partial charge in [-0.3, -0.25) is 0 Å². The van der Waals surface area contributed by atoms with E-state index in [1.54, 1.807) is 11.3 Å². The van der Waals surface area contributed by atoms with Crippen molar-refractivity contribution in [1.29, 1.82) is 0 Å². The van der Waals surface area contributed by atoms with Crippen molar-refractivity contribution in [2.24, 2.45) is 0 Å². The maximum atomic E-state index is 10.0. The fourth-order valence-corrected chi connectivity index (χ4v) is 8.37. The lowest BCUT2D eigenvalue weighted by Gasteiger charge is -2.29. The zero-order valence-corrected chi connectivity index (χ0v) is 27.0. The number of nitrogens with zero attached hydrogens (tertiary/aromatic N) is 1. The molecule has 230 valence electrons. The predicted octanol–water partition coefficient (Wildman–Crippen LogP) is 13.9. The van der Waals surface area contributed by atoms with Crippen molar-refractivity contribution in [1.82, 2.24) is 0 Å². The molecule has 0 saturated heterocycles. The van der Waals surface area contributed by atoms with Gasteiger partial charge in [-0.1, -0.05) is 133 Å². The Labute approximate surface area is 293 Å². The number of hydrogen-bond donors (Lipinski definition) is 0. The average molecular weight is 648 g/mol. The van der Waals surface area contributed by atoms with E-state index in [1.807, 2.05) is 102 Å². The van der Waals surface area contributed by atoms with Gasteiger partial charge in [-0.2, -0.15) is 0 Å². The third-order valence-corrected chi connectivity index (χ3v) is 10.6. The summed E-state index contributed by atoms with van der Waals surface area (Å²) in [6.45, 7) is 0. The van der Waals surface area contributed by atoms with E-state index in [4.69, 9.17) is 4.42 Å². The summed E-state index contributed by atoms with van der Waals surface area (Å²) in [5.41, 5.74) is 6.03. The fraction of sp³-hybridized carbons (Fsp3) is 0. The smallest absolute Gasteiger partial charge is 0.143 e. The second-order valence-corrected chi connectivity index (χ2v) is 13.2. The highest BCUT2D eigenvalue weighted by molar-refractivity contribution is 7.26. The summed E-state index contributed by atoms with van der Waals surface area (Å²) in [5, 5.41) is 5.96. The van der Waals surface area contributed by atoms with Crippen molar-refractivity contribution in [3.05, 3.63) is 176 Å². The molecule has 3 heteroatoms. The van der Waals surface area contributed by atoms with Crippen LogP contribution in [0.4, 0.5) is 17.1 Å². The van der Waals surface area contributed by atoms with Crippen LogP contribution >= 0.6 is 11.3 Å². The number of benzene rings is 8. The third kappa shape index (κ3) is 4.47. The van der Waals surface area contributed by atoms with Crippen molar-refractivity contribution in [2.75, 3.05) is 4.90 Å². The molecule has 0 aliphatic rings. The summed E-state index contributed by atoms with van der Waals surface area (Å²) >= 11 is 1.62. The summed E-state index contributed by atoms with van der Waals surface area (Å²) in [6.07, 6.45) is 0. The van der Waals surface area contributed by atoms with Crippen LogP contribution in [0, 0.1) is 0 Å². The normalized spacial score (nSPS) is 12.8. The summed E-state index contributed by atoms with van der Waals surface area (Å²) in [6, 6.07) is 49.9. The van der Waals surface area contributed by atoms with E-state index in [-0.39, 0.29) is 29.9 Å². The molecule has 0 bridgehead atoms. The number of fused-ring (bicyclic) bond motifs is 8. The van der Waals surface area contributed by atoms with Gasteiger partial charge in [0, 0.05) is 42.2 Å². The highest BCUT2D eigenvalue weighted by atomic mass is 32.1. The molecule has 10 aromatic rings. The van der Waals surface area contributed by atoms with E-state index in [1.165, 1.54) is 0 Å². The Morgan fingerprint density at radius 3 is 2.20 bits per heavy atom. The van der Waals surface area contributed by atoms with Crippen LogP contribution in [0.2, 0.25) is 0 Å². The van der Waals surface area contributed by atoms with E-state index in [2.05, 4.69) is 54.6 Å². The van der Waals surface area contributed by atoms with Crippen LogP contribution in [0.15, 0.2) is 180 Å². The van der Waals surface area contributed by atoms with E-state index in [0.29, 0.717) is 22.4 Å². The lowest BCUT2D eigenvalue weighted by atomic mass is 9.99. The van der Waals surface area contributed by atoms with Gasteiger partial charge in [-0.05, 0) is 64.5 Å². The van der Waals surface area contributed by atoms with Gasteiger partial charge in [0.1, 0.15) is 11.2 Å². The van der Waals surface area contributed by atoms with Crippen molar-refractivity contribution in [3.8, 4) is 22.3 Å². The molecule has 10 rings (SSSR count). The largest absolute Gasteiger partial charge is 0.455 e. The van der Waals surface area contributed by atoms with Crippen LogP contribution < -0.4 is 4.90 Å². The summed E-state index contributed by atoms with van der Waals surface area (Å²) in [4.78, 5) is 1.95. The first-order valence-electron chi connectivity index (χ1n) is 18.3. The standard InChI is InChI=1S/C46H29NOS/c1-2-13-30(14-3-1)34-18-6-8-23-40(34)47(41-24-12-25-42-44(41)39-28-27-31-15-4-5-19-35(31)45(39)48-42)33-17-10-16-32(29-33)36-21-11-22-38-37-20-7-9-26-43(37)49-46(36)38/h1-29H/i10D,16D,17D,29D. The van der Waals surface area contributed by atoms with Crippen LogP contribution in [0.3, 0.4) is 0 Å². The Morgan fingerprint density at radius 1 is 0.531 bits per heavy atom. The molecule has 0 fully saturated rings. The first-order chi connectivity index (χ1) is 26.0. The molecule has 8 aromatic carbocycles. The molecule has 49 heavy (non-hydrogen) atoms. The number of hydrogen-bond acceptors (Lipinski definition) is 3. The number of para-hydroxylation sites is 1. The second-order valence-electron chi connectivity index (χ2n) is 12.1. The van der Waals surface area contributed by atoms with E-state index >= 15 is 0 Å². The van der Waals surface area contributed by atoms with Crippen LogP contribution in [0.5, 0.6) is 0 Å². The molecule has 0 spiro atoms. The van der Waals surface area contributed by atoms with Gasteiger partial charge < -0.3 is 9.32 Å². The van der Waals surface area contributed by atoms with Crippen molar-refractivity contribution < 1.29 is 9.90 Å². The Morgan fingerprint density at radius 2 is 1.27 bits per heavy atom. The molecule has 0 saturated carbocycles. The molecule has 2 heterocycles. The minimum atomic E-state index is -0.235. The molecular weight excluding hydrogens is 615 g/mol. The molecule has 0 atom stereocenters. The quantitative estimate of drug-likeness (QED) is 0.185. The van der Waals surface area contributed by atoms with Gasteiger partial charge in [0.15, 0.2) is 0 Å². The monoisotopic (exact) mass is 647 g/mol. The fourth-order valence-electron chi connectivity index (χ4n) is 7.15. The Kier molecular flexibility index (Phi) is 5.51. The second kappa shape index (κ2) is 11.2. The van der Waals surface area contributed by atoms with Crippen LogP contribution in [0.1, 0.15) is 5.48 Å². The van der Waals surface area contributed by atoms with Gasteiger partial charge in [-0.15, -0.1) is 11.3 Å². The first-order valence-corrected chi connectivity index (χ1v) is 17.1. The van der Waals surface area contributed by atoms with Crippen molar-refractivity contribution >= 4 is 81.3 Å². The Bertz CT molecular complexity index is 3080. The van der Waals surface area contributed by atoms with Crippen LogP contribution in [-0.4, -0.2) is 0 Å². The topological polar surface area (TPSA) is 16.4 Å². The van der Waals surface area contributed by atoms with Crippen LogP contribution in [0.25, 0.3) is 75.1 Å². The van der Waals surface area contributed by atoms with E-state index < -0.39 is 0 Å². The molecule has 0 aliphatic carbocycles. The zero-order valence-electron chi connectivity index (χ0n) is 30.2. The molecule has 0 unspecified atom stereocenters. The van der Waals surface area contributed by atoms with E-state index in [0.717, 1.165) is 64.1 Å². The molecule has 0 radical (unpaired) electrons. The first kappa shape index (κ1) is 24.1. The molecule has 2 aromatic heterocycles. The maximum absolute atomic E-state index is 10.0. The highest BCUT2D eigenvalue weighted by Crippen LogP contribution is 2.48. The molecule has 2 nitrogen and oxygen atoms in total.